The number of nitrogens with one attached hydrogen (secondary N) is 1. The Bertz CT molecular complexity index is 506. The van der Waals surface area contributed by atoms with E-state index >= 15 is 0 Å². The van der Waals surface area contributed by atoms with E-state index in [0.29, 0.717) is 18.5 Å². The van der Waals surface area contributed by atoms with Gasteiger partial charge in [-0.25, -0.2) is 13.2 Å². The lowest BCUT2D eigenvalue weighted by Crippen LogP contribution is -2.02. The van der Waals surface area contributed by atoms with Crippen molar-refractivity contribution in [1.82, 2.24) is 4.98 Å². The number of aromatic nitrogens is 1. The fraction of sp³-hybridized carbons (Fsp3) is 0.333. The van der Waals surface area contributed by atoms with Crippen molar-refractivity contribution in [3.05, 3.63) is 35.3 Å². The Hall–Kier alpha value is -1.49. The van der Waals surface area contributed by atoms with Crippen LogP contribution in [0.25, 0.3) is 10.9 Å². The predicted molar refractivity (Wildman–Crippen MR) is 62.3 cm³/mol. The summed E-state index contributed by atoms with van der Waals surface area (Å²) in [5.41, 5.74) is 6.13. The third-order valence-electron chi connectivity index (χ3n) is 2.30. The van der Waals surface area contributed by atoms with E-state index in [1.807, 2.05) is 13.8 Å². The summed E-state index contributed by atoms with van der Waals surface area (Å²) in [6.07, 6.45) is 1.93. The molecule has 0 radical (unpaired) electrons. The second-order valence-corrected chi connectivity index (χ2v) is 3.26. The van der Waals surface area contributed by atoms with Gasteiger partial charge in [0.15, 0.2) is 17.5 Å². The zero-order valence-corrected chi connectivity index (χ0v) is 9.78. The van der Waals surface area contributed by atoms with E-state index in [1.165, 1.54) is 6.20 Å². The molecule has 0 atom stereocenters. The quantitative estimate of drug-likeness (QED) is 0.783. The maximum absolute atomic E-state index is 13.4. The van der Waals surface area contributed by atoms with Crippen molar-refractivity contribution >= 4 is 10.9 Å². The zero-order chi connectivity index (χ0) is 13.0. The minimum atomic E-state index is -1.44. The molecule has 0 saturated carbocycles. The highest BCUT2D eigenvalue weighted by atomic mass is 19.2. The summed E-state index contributed by atoms with van der Waals surface area (Å²) in [6, 6.07) is 0.938. The molecule has 0 spiro atoms. The summed E-state index contributed by atoms with van der Waals surface area (Å²) in [5.74, 6) is -3.80. The number of hydrogen-bond donors (Lipinski definition) is 2. The Balaban J connectivity index is 0.000000686. The highest BCUT2D eigenvalue weighted by molar-refractivity contribution is 5.84. The first-order chi connectivity index (χ1) is 8.15. The molecule has 2 rings (SSSR count). The van der Waals surface area contributed by atoms with Crippen molar-refractivity contribution in [3.8, 4) is 0 Å². The van der Waals surface area contributed by atoms with E-state index in [9.17, 15) is 13.2 Å². The van der Waals surface area contributed by atoms with E-state index in [1.54, 1.807) is 0 Å². The molecule has 0 aliphatic carbocycles. The van der Waals surface area contributed by atoms with Crippen molar-refractivity contribution < 1.29 is 13.2 Å². The van der Waals surface area contributed by atoms with Gasteiger partial charge in [-0.3, -0.25) is 0 Å². The standard InChI is InChI=1S/C10H9F3N2.C2H6/c11-6-3-7-8(10(13)9(6)12)5(1-2-14)4-15-7;1-2/h3-4,15H,1-2,14H2;1-2H3. The normalized spacial score (nSPS) is 10.2. The molecule has 0 aliphatic heterocycles. The first-order valence-electron chi connectivity index (χ1n) is 5.48. The maximum Gasteiger partial charge on any atom is 0.195 e. The van der Waals surface area contributed by atoms with Gasteiger partial charge in [0.2, 0.25) is 0 Å². The third kappa shape index (κ3) is 2.44. The second-order valence-electron chi connectivity index (χ2n) is 3.26. The summed E-state index contributed by atoms with van der Waals surface area (Å²) in [7, 11) is 0. The van der Waals surface area contributed by atoms with Crippen molar-refractivity contribution in [2.45, 2.75) is 20.3 Å². The van der Waals surface area contributed by atoms with Crippen LogP contribution in [-0.4, -0.2) is 11.5 Å². The van der Waals surface area contributed by atoms with Crippen LogP contribution in [0, 0.1) is 17.5 Å². The second kappa shape index (κ2) is 5.72. The number of benzene rings is 1. The highest BCUT2D eigenvalue weighted by Crippen LogP contribution is 2.25. The van der Waals surface area contributed by atoms with Gasteiger partial charge in [0.25, 0.3) is 0 Å². The minimum absolute atomic E-state index is 0.0827. The van der Waals surface area contributed by atoms with Crippen molar-refractivity contribution in [2.75, 3.05) is 6.54 Å². The number of H-pyrrole nitrogens is 1. The van der Waals surface area contributed by atoms with Crippen molar-refractivity contribution in [2.24, 2.45) is 5.73 Å². The van der Waals surface area contributed by atoms with Crippen LogP contribution in [-0.2, 0) is 6.42 Å². The van der Waals surface area contributed by atoms with Crippen LogP contribution in [0.4, 0.5) is 13.2 Å². The molecule has 1 aromatic heterocycles. The Morgan fingerprint density at radius 1 is 1.18 bits per heavy atom. The molecule has 5 heteroatoms. The molecule has 0 amide bonds. The van der Waals surface area contributed by atoms with E-state index in [-0.39, 0.29) is 10.9 Å². The topological polar surface area (TPSA) is 41.8 Å². The SMILES string of the molecule is CC.NCCc1c[nH]c2cc(F)c(F)c(F)c12. The summed E-state index contributed by atoms with van der Waals surface area (Å²) < 4.78 is 39.2. The van der Waals surface area contributed by atoms with Crippen LogP contribution in [0.3, 0.4) is 0 Å². The molecule has 0 aliphatic rings. The Morgan fingerprint density at radius 3 is 2.41 bits per heavy atom. The Morgan fingerprint density at radius 2 is 1.82 bits per heavy atom. The number of halogens is 3. The smallest absolute Gasteiger partial charge is 0.195 e. The van der Waals surface area contributed by atoms with Crippen LogP contribution >= 0.6 is 0 Å². The molecule has 0 saturated heterocycles. The average Bonchev–Trinajstić information content (AvgIpc) is 2.72. The zero-order valence-electron chi connectivity index (χ0n) is 9.78. The lowest BCUT2D eigenvalue weighted by Gasteiger charge is -2.00. The predicted octanol–water partition coefficient (Wildman–Crippen LogP) is 3.11. The molecule has 2 nitrogen and oxygen atoms in total. The van der Waals surface area contributed by atoms with E-state index in [2.05, 4.69) is 4.98 Å². The Kier molecular flexibility index (Phi) is 4.57. The van der Waals surface area contributed by atoms with Crippen LogP contribution in [0.5, 0.6) is 0 Å². The first kappa shape index (κ1) is 13.6. The summed E-state index contributed by atoms with van der Waals surface area (Å²) in [5, 5.41) is 0.0827. The van der Waals surface area contributed by atoms with E-state index in [0.717, 1.165) is 6.07 Å². The largest absolute Gasteiger partial charge is 0.361 e. The molecule has 94 valence electrons. The molecule has 0 bridgehead atoms. The highest BCUT2D eigenvalue weighted by Gasteiger charge is 2.16. The van der Waals surface area contributed by atoms with Gasteiger partial charge in [-0.15, -0.1) is 0 Å². The molecular weight excluding hydrogens is 229 g/mol. The van der Waals surface area contributed by atoms with Gasteiger partial charge in [-0.05, 0) is 18.5 Å². The molecule has 2 aromatic rings. The average molecular weight is 244 g/mol. The van der Waals surface area contributed by atoms with E-state index in [4.69, 9.17) is 5.73 Å². The number of aromatic amines is 1. The van der Waals surface area contributed by atoms with Crippen LogP contribution in [0.2, 0.25) is 0 Å². The number of nitrogens with two attached hydrogens (primary N) is 1. The fourth-order valence-corrected chi connectivity index (χ4v) is 1.61. The third-order valence-corrected chi connectivity index (χ3v) is 2.30. The molecule has 0 unspecified atom stereocenters. The minimum Gasteiger partial charge on any atom is -0.361 e. The van der Waals surface area contributed by atoms with Crippen LogP contribution in [0.1, 0.15) is 19.4 Å². The summed E-state index contributed by atoms with van der Waals surface area (Å²) in [6.45, 7) is 4.32. The van der Waals surface area contributed by atoms with Gasteiger partial charge in [0, 0.05) is 17.6 Å². The molecular formula is C12H15F3N2. The fourth-order valence-electron chi connectivity index (χ4n) is 1.61. The molecule has 1 aromatic carbocycles. The number of hydrogen-bond acceptors (Lipinski definition) is 1. The van der Waals surface area contributed by atoms with E-state index < -0.39 is 17.5 Å². The summed E-state index contributed by atoms with van der Waals surface area (Å²) in [4.78, 5) is 2.68. The monoisotopic (exact) mass is 244 g/mol. The molecule has 3 N–H and O–H groups in total. The number of fused-ring (bicyclic) bond motifs is 1. The first-order valence-corrected chi connectivity index (χ1v) is 5.48. The van der Waals surface area contributed by atoms with Crippen LogP contribution in [0.15, 0.2) is 12.3 Å². The maximum atomic E-state index is 13.4. The van der Waals surface area contributed by atoms with Gasteiger partial charge in [0.1, 0.15) is 0 Å². The van der Waals surface area contributed by atoms with Crippen molar-refractivity contribution in [3.63, 3.8) is 0 Å². The lowest BCUT2D eigenvalue weighted by molar-refractivity contribution is 0.453. The molecule has 1 heterocycles. The van der Waals surface area contributed by atoms with Crippen LogP contribution < -0.4 is 5.73 Å². The Labute approximate surface area is 97.6 Å². The molecule has 0 fully saturated rings. The van der Waals surface area contributed by atoms with Crippen molar-refractivity contribution in [1.29, 1.82) is 0 Å². The number of rotatable bonds is 2. The van der Waals surface area contributed by atoms with Gasteiger partial charge in [0.05, 0.1) is 5.52 Å². The molecule has 17 heavy (non-hydrogen) atoms. The van der Waals surface area contributed by atoms with Gasteiger partial charge < -0.3 is 10.7 Å². The van der Waals surface area contributed by atoms with Gasteiger partial charge in [-0.2, -0.15) is 0 Å². The lowest BCUT2D eigenvalue weighted by atomic mass is 10.1. The van der Waals surface area contributed by atoms with Gasteiger partial charge >= 0.3 is 0 Å². The summed E-state index contributed by atoms with van der Waals surface area (Å²) >= 11 is 0. The van der Waals surface area contributed by atoms with Gasteiger partial charge in [-0.1, -0.05) is 13.8 Å².